The maximum absolute atomic E-state index is 12.0. The summed E-state index contributed by atoms with van der Waals surface area (Å²) in [6.45, 7) is 6.26. The van der Waals surface area contributed by atoms with E-state index in [4.69, 9.17) is 10.00 Å². The average Bonchev–Trinajstić information content (AvgIpc) is 2.53. The molecule has 0 saturated carbocycles. The first-order valence-electron chi connectivity index (χ1n) is 7.78. The lowest BCUT2D eigenvalue weighted by molar-refractivity contribution is 0.111. The summed E-state index contributed by atoms with van der Waals surface area (Å²) in [7, 11) is 0. The summed E-state index contributed by atoms with van der Waals surface area (Å²) < 4.78 is 5.91. The maximum Gasteiger partial charge on any atom is 0.317 e. The number of carbonyl (C=O) groups is 1. The molecule has 2 amide bonds. The first-order valence-corrected chi connectivity index (χ1v) is 7.78. The molecule has 22 heavy (non-hydrogen) atoms. The SMILES string of the molecule is CC(C)CNC(=O)N1CCC(Oc2cccc(C#N)c2)CC1. The van der Waals surface area contributed by atoms with Gasteiger partial charge in [-0.25, -0.2) is 4.79 Å². The van der Waals surface area contributed by atoms with Gasteiger partial charge in [-0.1, -0.05) is 19.9 Å². The molecule has 0 unspecified atom stereocenters. The van der Waals surface area contributed by atoms with Crippen LogP contribution in [0.4, 0.5) is 4.79 Å². The van der Waals surface area contributed by atoms with E-state index in [1.807, 2.05) is 17.0 Å². The zero-order valence-electron chi connectivity index (χ0n) is 13.2. The fourth-order valence-electron chi connectivity index (χ4n) is 2.41. The zero-order valence-corrected chi connectivity index (χ0v) is 13.2. The minimum Gasteiger partial charge on any atom is -0.490 e. The number of urea groups is 1. The number of ether oxygens (including phenoxy) is 1. The van der Waals surface area contributed by atoms with Gasteiger partial charge < -0.3 is 15.0 Å². The van der Waals surface area contributed by atoms with Gasteiger partial charge in [-0.05, 0) is 24.1 Å². The molecule has 0 aliphatic carbocycles. The first kappa shape index (κ1) is 16.2. The summed E-state index contributed by atoms with van der Waals surface area (Å²) in [6, 6.07) is 9.32. The van der Waals surface area contributed by atoms with E-state index in [1.165, 1.54) is 0 Å². The molecule has 118 valence electrons. The number of benzene rings is 1. The Bertz CT molecular complexity index is 543. The second-order valence-electron chi connectivity index (χ2n) is 6.02. The van der Waals surface area contributed by atoms with Crippen molar-refractivity contribution in [3.8, 4) is 11.8 Å². The topological polar surface area (TPSA) is 65.4 Å². The molecule has 0 radical (unpaired) electrons. The molecule has 1 aliphatic rings. The van der Waals surface area contributed by atoms with Crippen molar-refractivity contribution in [3.63, 3.8) is 0 Å². The van der Waals surface area contributed by atoms with E-state index < -0.39 is 0 Å². The van der Waals surface area contributed by atoms with Crippen LogP contribution < -0.4 is 10.1 Å². The molecule has 1 heterocycles. The van der Waals surface area contributed by atoms with Gasteiger partial charge >= 0.3 is 6.03 Å². The molecule has 0 spiro atoms. The molecule has 1 N–H and O–H groups in total. The summed E-state index contributed by atoms with van der Waals surface area (Å²) in [5.74, 6) is 1.18. The van der Waals surface area contributed by atoms with Crippen LogP contribution in [-0.4, -0.2) is 36.7 Å². The van der Waals surface area contributed by atoms with Gasteiger partial charge in [0.25, 0.3) is 0 Å². The Hall–Kier alpha value is -2.22. The van der Waals surface area contributed by atoms with Crippen LogP contribution in [0.5, 0.6) is 5.75 Å². The van der Waals surface area contributed by atoms with Gasteiger partial charge in [-0.3, -0.25) is 0 Å². The summed E-state index contributed by atoms with van der Waals surface area (Å²) in [4.78, 5) is 13.8. The van der Waals surface area contributed by atoms with Crippen molar-refractivity contribution in [1.82, 2.24) is 10.2 Å². The number of nitriles is 1. The molecular weight excluding hydrogens is 278 g/mol. The van der Waals surface area contributed by atoms with Crippen LogP contribution >= 0.6 is 0 Å². The summed E-state index contributed by atoms with van der Waals surface area (Å²) in [6.07, 6.45) is 1.72. The number of piperidine rings is 1. The maximum atomic E-state index is 12.0. The standard InChI is InChI=1S/C17H23N3O2/c1-13(2)12-19-17(21)20-8-6-15(7-9-20)22-16-5-3-4-14(10-16)11-18/h3-5,10,13,15H,6-9,12H2,1-2H3,(H,19,21). The predicted octanol–water partition coefficient (Wildman–Crippen LogP) is 2.77. The fraction of sp³-hybridized carbons (Fsp3) is 0.529. The first-order chi connectivity index (χ1) is 10.6. The van der Waals surface area contributed by atoms with Crippen molar-refractivity contribution >= 4 is 6.03 Å². The Morgan fingerprint density at radius 1 is 1.45 bits per heavy atom. The van der Waals surface area contributed by atoms with E-state index in [0.29, 0.717) is 31.1 Å². The molecule has 1 aromatic carbocycles. The summed E-state index contributed by atoms with van der Waals surface area (Å²) in [5, 5.41) is 11.8. The van der Waals surface area contributed by atoms with Crippen LogP contribution in [0.1, 0.15) is 32.3 Å². The van der Waals surface area contributed by atoms with Gasteiger partial charge in [0.1, 0.15) is 11.9 Å². The second kappa shape index (κ2) is 7.69. The minimum absolute atomic E-state index is 0.0126. The smallest absolute Gasteiger partial charge is 0.317 e. The highest BCUT2D eigenvalue weighted by Crippen LogP contribution is 2.20. The molecule has 0 aromatic heterocycles. The second-order valence-corrected chi connectivity index (χ2v) is 6.02. The number of hydrogen-bond acceptors (Lipinski definition) is 3. The molecule has 1 fully saturated rings. The number of rotatable bonds is 4. The van der Waals surface area contributed by atoms with E-state index in [9.17, 15) is 4.79 Å². The molecule has 5 nitrogen and oxygen atoms in total. The molecule has 2 rings (SSSR count). The van der Waals surface area contributed by atoms with E-state index in [1.54, 1.807) is 12.1 Å². The largest absolute Gasteiger partial charge is 0.490 e. The quantitative estimate of drug-likeness (QED) is 0.930. The van der Waals surface area contributed by atoms with Gasteiger partial charge in [0, 0.05) is 32.5 Å². The third kappa shape index (κ3) is 4.66. The lowest BCUT2D eigenvalue weighted by atomic mass is 10.1. The average molecular weight is 301 g/mol. The molecule has 0 bridgehead atoms. The van der Waals surface area contributed by atoms with Crippen molar-refractivity contribution in [2.45, 2.75) is 32.8 Å². The Morgan fingerprint density at radius 3 is 2.82 bits per heavy atom. The van der Waals surface area contributed by atoms with E-state index in [-0.39, 0.29) is 12.1 Å². The Balaban J connectivity index is 1.79. The number of hydrogen-bond donors (Lipinski definition) is 1. The Labute approximate surface area is 131 Å². The highest BCUT2D eigenvalue weighted by Gasteiger charge is 2.23. The molecule has 1 aliphatic heterocycles. The molecule has 1 saturated heterocycles. The number of amides is 2. The summed E-state index contributed by atoms with van der Waals surface area (Å²) >= 11 is 0. The van der Waals surface area contributed by atoms with Crippen molar-refractivity contribution in [2.75, 3.05) is 19.6 Å². The highest BCUT2D eigenvalue weighted by molar-refractivity contribution is 5.74. The van der Waals surface area contributed by atoms with E-state index in [2.05, 4.69) is 25.2 Å². The summed E-state index contributed by atoms with van der Waals surface area (Å²) in [5.41, 5.74) is 0.600. The predicted molar refractivity (Wildman–Crippen MR) is 84.6 cm³/mol. The van der Waals surface area contributed by atoms with Crippen LogP contribution in [0.3, 0.4) is 0 Å². The lowest BCUT2D eigenvalue weighted by Gasteiger charge is -2.32. The highest BCUT2D eigenvalue weighted by atomic mass is 16.5. The van der Waals surface area contributed by atoms with Gasteiger partial charge in [0.2, 0.25) is 0 Å². The van der Waals surface area contributed by atoms with Crippen LogP contribution in [0.15, 0.2) is 24.3 Å². The minimum atomic E-state index is 0.0126. The fourth-order valence-corrected chi connectivity index (χ4v) is 2.41. The zero-order chi connectivity index (χ0) is 15.9. The van der Waals surface area contributed by atoms with Crippen molar-refractivity contribution in [2.24, 2.45) is 5.92 Å². The van der Waals surface area contributed by atoms with Crippen molar-refractivity contribution in [1.29, 1.82) is 5.26 Å². The Morgan fingerprint density at radius 2 is 2.18 bits per heavy atom. The van der Waals surface area contributed by atoms with Crippen molar-refractivity contribution in [3.05, 3.63) is 29.8 Å². The number of nitrogens with one attached hydrogen (secondary N) is 1. The van der Waals surface area contributed by atoms with Gasteiger partial charge in [0.15, 0.2) is 0 Å². The van der Waals surface area contributed by atoms with Crippen LogP contribution in [-0.2, 0) is 0 Å². The van der Waals surface area contributed by atoms with Crippen molar-refractivity contribution < 1.29 is 9.53 Å². The number of carbonyl (C=O) groups excluding carboxylic acids is 1. The van der Waals surface area contributed by atoms with E-state index >= 15 is 0 Å². The Kier molecular flexibility index (Phi) is 5.65. The van der Waals surface area contributed by atoms with Crippen LogP contribution in [0, 0.1) is 17.2 Å². The van der Waals surface area contributed by atoms with Crippen LogP contribution in [0.2, 0.25) is 0 Å². The molecule has 0 atom stereocenters. The number of nitrogens with zero attached hydrogens (tertiary/aromatic N) is 2. The van der Waals surface area contributed by atoms with Gasteiger partial charge in [-0.2, -0.15) is 5.26 Å². The third-order valence-electron chi connectivity index (χ3n) is 3.66. The number of likely N-dealkylation sites (tertiary alicyclic amines) is 1. The lowest BCUT2D eigenvalue weighted by Crippen LogP contribution is -2.47. The normalized spacial score (nSPS) is 15.5. The van der Waals surface area contributed by atoms with Gasteiger partial charge in [0.05, 0.1) is 11.6 Å². The third-order valence-corrected chi connectivity index (χ3v) is 3.66. The van der Waals surface area contributed by atoms with E-state index in [0.717, 1.165) is 18.6 Å². The van der Waals surface area contributed by atoms with Gasteiger partial charge in [-0.15, -0.1) is 0 Å². The molecule has 5 heteroatoms. The van der Waals surface area contributed by atoms with Crippen LogP contribution in [0.25, 0.3) is 0 Å². The molecular formula is C17H23N3O2. The molecule has 1 aromatic rings. The monoisotopic (exact) mass is 301 g/mol.